The first-order valence-electron chi connectivity index (χ1n) is 4.74. The Morgan fingerprint density at radius 3 is 3.29 bits per heavy atom. The molecule has 0 saturated carbocycles. The van der Waals surface area contributed by atoms with Gasteiger partial charge in [-0.2, -0.15) is 0 Å². The maximum Gasteiger partial charge on any atom is 0.0607 e. The van der Waals surface area contributed by atoms with Gasteiger partial charge in [0.1, 0.15) is 0 Å². The third-order valence-corrected chi connectivity index (χ3v) is 3.00. The minimum Gasteiger partial charge on any atom is -0.367 e. The average molecular weight is 185 g/mol. The summed E-state index contributed by atoms with van der Waals surface area (Å²) in [6, 6.07) is 2.49. The fourth-order valence-electron chi connectivity index (χ4n) is 2.26. The molecule has 0 saturated heterocycles. The molecule has 0 aliphatic carbocycles. The van der Waals surface area contributed by atoms with Gasteiger partial charge in [-0.05, 0) is 12.1 Å². The number of hydrogen-bond acceptors (Lipinski definition) is 3. The van der Waals surface area contributed by atoms with Crippen LogP contribution < -0.4 is 4.90 Å². The molecule has 0 N–H and O–H groups in total. The minimum atomic E-state index is 0.383. The second-order valence-corrected chi connectivity index (χ2v) is 3.70. The Balaban J connectivity index is 2.17. The molecule has 2 atom stereocenters. The summed E-state index contributed by atoms with van der Waals surface area (Å²) in [5, 5.41) is 0. The van der Waals surface area contributed by atoms with E-state index in [2.05, 4.69) is 34.1 Å². The fraction of sp³-hybridized carbons (Fsp3) is 0.273. The lowest BCUT2D eigenvalue weighted by Crippen LogP contribution is -2.30. The maximum absolute atomic E-state index is 4.19. The summed E-state index contributed by atoms with van der Waals surface area (Å²) in [5.74, 6) is 0.383. The van der Waals surface area contributed by atoms with Gasteiger partial charge in [-0.25, -0.2) is 0 Å². The lowest BCUT2D eigenvalue weighted by molar-refractivity contribution is 0.754. The molecule has 70 valence electrons. The number of likely N-dealkylation sites (N-methyl/N-ethyl adjacent to an activating group) is 1. The Bertz CT molecular complexity index is 422. The highest BCUT2D eigenvalue weighted by Gasteiger charge is 2.34. The highest BCUT2D eigenvalue weighted by Crippen LogP contribution is 2.39. The third-order valence-electron chi connectivity index (χ3n) is 3.00. The number of hydrogen-bond donors (Lipinski definition) is 0. The topological polar surface area (TPSA) is 28.5 Å². The first-order valence-corrected chi connectivity index (χ1v) is 4.74. The highest BCUT2D eigenvalue weighted by atomic mass is 15.2. The van der Waals surface area contributed by atoms with Crippen molar-refractivity contribution in [1.29, 1.82) is 0 Å². The van der Waals surface area contributed by atoms with Crippen LogP contribution in [-0.2, 0) is 0 Å². The summed E-state index contributed by atoms with van der Waals surface area (Å²) < 4.78 is 0. The quantitative estimate of drug-likeness (QED) is 0.614. The zero-order chi connectivity index (χ0) is 9.54. The van der Waals surface area contributed by atoms with Gasteiger partial charge >= 0.3 is 0 Å². The zero-order valence-corrected chi connectivity index (χ0v) is 7.96. The van der Waals surface area contributed by atoms with Crippen LogP contribution >= 0.6 is 0 Å². The molecule has 0 amide bonds. The van der Waals surface area contributed by atoms with Crippen molar-refractivity contribution < 1.29 is 0 Å². The van der Waals surface area contributed by atoms with Gasteiger partial charge in [0.05, 0.1) is 6.04 Å². The summed E-state index contributed by atoms with van der Waals surface area (Å²) in [5.41, 5.74) is 2.56. The molecular weight excluding hydrogens is 174 g/mol. The normalized spacial score (nSPS) is 27.6. The Kier molecular flexibility index (Phi) is 1.48. The molecular formula is C11H11N3. The van der Waals surface area contributed by atoms with Crippen LogP contribution in [0, 0.1) is 0 Å². The molecule has 3 nitrogen and oxygen atoms in total. The van der Waals surface area contributed by atoms with Crippen LogP contribution in [0.15, 0.2) is 35.7 Å². The smallest absolute Gasteiger partial charge is 0.0607 e. The predicted molar refractivity (Wildman–Crippen MR) is 56.8 cm³/mol. The number of pyridine rings is 1. The van der Waals surface area contributed by atoms with Gasteiger partial charge in [-0.3, -0.25) is 9.98 Å². The average Bonchev–Trinajstić information content (AvgIpc) is 2.55. The number of anilines is 1. The molecule has 0 aromatic carbocycles. The van der Waals surface area contributed by atoms with Gasteiger partial charge in [0.15, 0.2) is 0 Å². The molecule has 3 heterocycles. The Labute approximate surface area is 82.8 Å². The van der Waals surface area contributed by atoms with E-state index in [4.69, 9.17) is 0 Å². The number of fused-ring (bicyclic) bond motifs is 3. The standard InChI is InChI=1S/C11H11N3/c1-14-10-2-4-12-6-8(10)9-7-13-5-3-11(9)14/h2-8,10H,1H3. The molecule has 14 heavy (non-hydrogen) atoms. The highest BCUT2D eigenvalue weighted by molar-refractivity contribution is 5.80. The van der Waals surface area contributed by atoms with Crippen LogP contribution in [0.25, 0.3) is 0 Å². The second-order valence-electron chi connectivity index (χ2n) is 3.70. The summed E-state index contributed by atoms with van der Waals surface area (Å²) in [6.45, 7) is 0. The minimum absolute atomic E-state index is 0.383. The predicted octanol–water partition coefficient (Wildman–Crippen LogP) is 1.58. The number of aromatic nitrogens is 1. The van der Waals surface area contributed by atoms with E-state index in [0.29, 0.717) is 12.0 Å². The number of nitrogens with zero attached hydrogens (tertiary/aromatic N) is 3. The van der Waals surface area contributed by atoms with Crippen LogP contribution in [0.2, 0.25) is 0 Å². The van der Waals surface area contributed by atoms with Gasteiger partial charge < -0.3 is 4.90 Å². The maximum atomic E-state index is 4.19. The molecule has 1 aromatic heterocycles. The Morgan fingerprint density at radius 1 is 1.43 bits per heavy atom. The van der Waals surface area contributed by atoms with Crippen LogP contribution in [0.4, 0.5) is 5.69 Å². The molecule has 2 aliphatic rings. The second kappa shape index (κ2) is 2.67. The van der Waals surface area contributed by atoms with Crippen molar-refractivity contribution in [3.05, 3.63) is 36.3 Å². The van der Waals surface area contributed by atoms with Crippen molar-refractivity contribution >= 4 is 11.9 Å². The van der Waals surface area contributed by atoms with Crippen molar-refractivity contribution in [1.82, 2.24) is 4.98 Å². The molecule has 0 fully saturated rings. The van der Waals surface area contributed by atoms with Crippen LogP contribution in [0.3, 0.4) is 0 Å². The van der Waals surface area contributed by atoms with Crippen molar-refractivity contribution in [3.8, 4) is 0 Å². The molecule has 0 radical (unpaired) electrons. The van der Waals surface area contributed by atoms with Gasteiger partial charge in [-0.1, -0.05) is 0 Å². The van der Waals surface area contributed by atoms with Gasteiger partial charge in [0.25, 0.3) is 0 Å². The zero-order valence-electron chi connectivity index (χ0n) is 7.96. The molecule has 0 spiro atoms. The number of aliphatic imine (C=N–C) groups is 1. The molecule has 3 heteroatoms. The van der Waals surface area contributed by atoms with Crippen molar-refractivity contribution in [2.45, 2.75) is 12.0 Å². The van der Waals surface area contributed by atoms with Crippen molar-refractivity contribution in [2.24, 2.45) is 4.99 Å². The van der Waals surface area contributed by atoms with Crippen molar-refractivity contribution in [2.75, 3.05) is 11.9 Å². The summed E-state index contributed by atoms with van der Waals surface area (Å²) in [7, 11) is 2.12. The summed E-state index contributed by atoms with van der Waals surface area (Å²) in [6.07, 6.45) is 9.81. The summed E-state index contributed by atoms with van der Waals surface area (Å²) in [4.78, 5) is 10.6. The van der Waals surface area contributed by atoms with Crippen LogP contribution in [-0.4, -0.2) is 24.3 Å². The summed E-state index contributed by atoms with van der Waals surface area (Å²) >= 11 is 0. The van der Waals surface area contributed by atoms with Gasteiger partial charge in [-0.15, -0.1) is 0 Å². The first kappa shape index (κ1) is 7.74. The number of rotatable bonds is 0. The Morgan fingerprint density at radius 2 is 2.36 bits per heavy atom. The van der Waals surface area contributed by atoms with E-state index in [9.17, 15) is 0 Å². The van der Waals surface area contributed by atoms with E-state index in [0.717, 1.165) is 0 Å². The first-order chi connectivity index (χ1) is 6.88. The molecule has 3 rings (SSSR count). The van der Waals surface area contributed by atoms with E-state index in [1.807, 2.05) is 24.8 Å². The van der Waals surface area contributed by atoms with Crippen LogP contribution in [0.5, 0.6) is 0 Å². The van der Waals surface area contributed by atoms with E-state index < -0.39 is 0 Å². The van der Waals surface area contributed by atoms with E-state index in [1.54, 1.807) is 0 Å². The van der Waals surface area contributed by atoms with E-state index >= 15 is 0 Å². The monoisotopic (exact) mass is 185 g/mol. The Hall–Kier alpha value is -1.64. The molecule has 2 unspecified atom stereocenters. The molecule has 1 aromatic rings. The SMILES string of the molecule is CN1c2ccncc2C2C=NC=CC21. The van der Waals surface area contributed by atoms with Crippen molar-refractivity contribution in [3.63, 3.8) is 0 Å². The van der Waals surface area contributed by atoms with E-state index in [1.165, 1.54) is 11.3 Å². The van der Waals surface area contributed by atoms with Gasteiger partial charge in [0, 0.05) is 49.0 Å². The fourth-order valence-corrected chi connectivity index (χ4v) is 2.26. The largest absolute Gasteiger partial charge is 0.367 e. The lowest BCUT2D eigenvalue weighted by Gasteiger charge is -2.23. The molecule has 2 aliphatic heterocycles. The lowest BCUT2D eigenvalue weighted by atomic mass is 9.96. The molecule has 0 bridgehead atoms. The van der Waals surface area contributed by atoms with Crippen LogP contribution in [0.1, 0.15) is 11.5 Å². The van der Waals surface area contributed by atoms with E-state index in [-0.39, 0.29) is 0 Å². The van der Waals surface area contributed by atoms with Gasteiger partial charge in [0.2, 0.25) is 0 Å². The third kappa shape index (κ3) is 0.867.